The van der Waals surface area contributed by atoms with Crippen molar-refractivity contribution in [3.63, 3.8) is 0 Å². The third-order valence-corrected chi connectivity index (χ3v) is 4.20. The van der Waals surface area contributed by atoms with Crippen molar-refractivity contribution in [1.29, 1.82) is 0 Å². The Kier molecular flexibility index (Phi) is 5.48. The minimum atomic E-state index is -3.02. The zero-order valence-electron chi connectivity index (χ0n) is 13.3. The third kappa shape index (κ3) is 4.51. The lowest BCUT2D eigenvalue weighted by Crippen LogP contribution is -2.31. The van der Waals surface area contributed by atoms with E-state index in [2.05, 4.69) is 25.1 Å². The van der Waals surface area contributed by atoms with E-state index in [1.54, 1.807) is 6.92 Å². The van der Waals surface area contributed by atoms with E-state index in [-0.39, 0.29) is 22.7 Å². The summed E-state index contributed by atoms with van der Waals surface area (Å²) in [5, 5.41) is 0. The summed E-state index contributed by atoms with van der Waals surface area (Å²) in [6.45, 7) is 12.2. The van der Waals surface area contributed by atoms with E-state index in [0.717, 1.165) is 32.6 Å². The minimum absolute atomic E-state index is 0.0897. The number of nitrogens with zero attached hydrogens (tertiary/aromatic N) is 1. The van der Waals surface area contributed by atoms with Crippen molar-refractivity contribution in [2.45, 2.75) is 58.4 Å². The lowest BCUT2D eigenvalue weighted by Gasteiger charge is -2.34. The number of alkyl halides is 2. The summed E-state index contributed by atoms with van der Waals surface area (Å²) in [5.41, 5.74) is 6.10. The second-order valence-electron chi connectivity index (χ2n) is 6.32. The Balaban J connectivity index is 3.02. The van der Waals surface area contributed by atoms with Crippen molar-refractivity contribution in [3.8, 4) is 0 Å². The lowest BCUT2D eigenvalue weighted by atomic mass is 9.74. The van der Waals surface area contributed by atoms with Crippen LogP contribution in [0.15, 0.2) is 41.6 Å². The Hall–Kier alpha value is -1.45. The Morgan fingerprint density at radius 1 is 1.38 bits per heavy atom. The number of aliphatic imine (C=N–C) groups is 1. The fraction of sp³-hybridized carbons (Fsp3) is 0.588. The van der Waals surface area contributed by atoms with Crippen molar-refractivity contribution in [2.24, 2.45) is 16.1 Å². The minimum Gasteiger partial charge on any atom is -0.404 e. The molecule has 2 N–H and O–H groups in total. The zero-order chi connectivity index (χ0) is 16.3. The summed E-state index contributed by atoms with van der Waals surface area (Å²) in [6, 6.07) is -0.0897. The quantitative estimate of drug-likeness (QED) is 0.448. The van der Waals surface area contributed by atoms with E-state index in [1.807, 2.05) is 6.08 Å². The number of allylic oxidation sites excluding steroid dienone is 3. The Labute approximate surface area is 126 Å². The standard InChI is InChI=1S/C17H26F2N2/c1-6-16(4)9-7-13(8-10-16)21-15(17(5,18)19)14(11-20)12(2)3/h6,11,13H,1-2,7-10,20H2,3-5H3. The second kappa shape index (κ2) is 6.54. The van der Waals surface area contributed by atoms with Gasteiger partial charge in [0.2, 0.25) is 0 Å². The van der Waals surface area contributed by atoms with Crippen LogP contribution in [0.3, 0.4) is 0 Å². The molecule has 1 saturated carbocycles. The number of hydrogen-bond acceptors (Lipinski definition) is 2. The van der Waals surface area contributed by atoms with E-state index in [1.165, 1.54) is 6.20 Å². The fourth-order valence-electron chi connectivity index (χ4n) is 2.62. The molecule has 0 aliphatic heterocycles. The van der Waals surface area contributed by atoms with Gasteiger partial charge in [0.25, 0.3) is 5.92 Å². The van der Waals surface area contributed by atoms with Crippen molar-refractivity contribution in [1.82, 2.24) is 0 Å². The molecule has 0 heterocycles. The highest BCUT2D eigenvalue weighted by molar-refractivity contribution is 6.08. The van der Waals surface area contributed by atoms with Gasteiger partial charge in [-0.15, -0.1) is 6.58 Å². The van der Waals surface area contributed by atoms with E-state index in [4.69, 9.17) is 5.73 Å². The highest BCUT2D eigenvalue weighted by atomic mass is 19.3. The van der Waals surface area contributed by atoms with Crippen molar-refractivity contribution < 1.29 is 8.78 Å². The van der Waals surface area contributed by atoms with Gasteiger partial charge in [-0.05, 0) is 43.6 Å². The first-order valence-corrected chi connectivity index (χ1v) is 7.31. The maximum absolute atomic E-state index is 13.9. The predicted octanol–water partition coefficient (Wildman–Crippen LogP) is 4.64. The summed E-state index contributed by atoms with van der Waals surface area (Å²) < 4.78 is 27.7. The van der Waals surface area contributed by atoms with Crippen LogP contribution in [0.5, 0.6) is 0 Å². The van der Waals surface area contributed by atoms with Crippen LogP contribution in [0, 0.1) is 5.41 Å². The van der Waals surface area contributed by atoms with E-state index >= 15 is 0 Å². The van der Waals surface area contributed by atoms with Gasteiger partial charge in [-0.2, -0.15) is 8.78 Å². The summed E-state index contributed by atoms with van der Waals surface area (Å²) in [7, 11) is 0. The van der Waals surface area contributed by atoms with Gasteiger partial charge in [-0.25, -0.2) is 0 Å². The first-order chi connectivity index (χ1) is 9.63. The van der Waals surface area contributed by atoms with Crippen LogP contribution in [0.4, 0.5) is 8.78 Å². The summed E-state index contributed by atoms with van der Waals surface area (Å²) in [4.78, 5) is 4.32. The van der Waals surface area contributed by atoms with Crippen LogP contribution >= 0.6 is 0 Å². The van der Waals surface area contributed by atoms with Crippen LogP contribution in [-0.2, 0) is 0 Å². The van der Waals surface area contributed by atoms with Gasteiger partial charge >= 0.3 is 0 Å². The molecular weight excluding hydrogens is 270 g/mol. The molecule has 2 nitrogen and oxygen atoms in total. The van der Waals surface area contributed by atoms with Crippen LogP contribution in [-0.4, -0.2) is 17.7 Å². The molecule has 1 fully saturated rings. The molecule has 0 atom stereocenters. The molecule has 0 aromatic heterocycles. The molecule has 1 aliphatic carbocycles. The van der Waals surface area contributed by atoms with Gasteiger partial charge in [-0.1, -0.05) is 19.6 Å². The highest BCUT2D eigenvalue weighted by Crippen LogP contribution is 2.38. The SMILES string of the molecule is C=CC1(C)CCC(N=C(C(=CN)C(=C)C)C(C)(F)F)CC1. The molecule has 0 amide bonds. The third-order valence-electron chi connectivity index (χ3n) is 4.20. The number of halogens is 2. The average molecular weight is 296 g/mol. The van der Waals surface area contributed by atoms with E-state index in [0.29, 0.717) is 5.57 Å². The smallest absolute Gasteiger partial charge is 0.287 e. The molecule has 118 valence electrons. The van der Waals surface area contributed by atoms with Gasteiger partial charge in [0.15, 0.2) is 0 Å². The van der Waals surface area contributed by atoms with Crippen molar-refractivity contribution >= 4 is 5.71 Å². The molecule has 0 spiro atoms. The molecule has 0 saturated heterocycles. The van der Waals surface area contributed by atoms with Gasteiger partial charge < -0.3 is 5.73 Å². The fourth-order valence-corrected chi connectivity index (χ4v) is 2.62. The van der Waals surface area contributed by atoms with Gasteiger partial charge in [0, 0.05) is 18.7 Å². The molecule has 21 heavy (non-hydrogen) atoms. The lowest BCUT2D eigenvalue weighted by molar-refractivity contribution is 0.0999. The van der Waals surface area contributed by atoms with Crippen molar-refractivity contribution in [2.75, 3.05) is 0 Å². The average Bonchev–Trinajstić information content (AvgIpc) is 2.39. The van der Waals surface area contributed by atoms with Crippen molar-refractivity contribution in [3.05, 3.63) is 36.6 Å². The van der Waals surface area contributed by atoms with Gasteiger partial charge in [0.1, 0.15) is 5.71 Å². The van der Waals surface area contributed by atoms with Crippen LogP contribution in [0.25, 0.3) is 0 Å². The molecule has 0 bridgehead atoms. The molecule has 1 aliphatic rings. The summed E-state index contributed by atoms with van der Waals surface area (Å²) >= 11 is 0. The maximum Gasteiger partial charge on any atom is 0.287 e. The molecular formula is C17H26F2N2. The van der Waals surface area contributed by atoms with Crippen LogP contribution in [0.1, 0.15) is 46.5 Å². The number of rotatable bonds is 5. The molecule has 0 radical (unpaired) electrons. The summed E-state index contributed by atoms with van der Waals surface area (Å²) in [5.74, 6) is -3.02. The first-order valence-electron chi connectivity index (χ1n) is 7.31. The molecule has 4 heteroatoms. The molecule has 0 unspecified atom stereocenters. The second-order valence-corrected chi connectivity index (χ2v) is 6.32. The van der Waals surface area contributed by atoms with Crippen LogP contribution in [0.2, 0.25) is 0 Å². The van der Waals surface area contributed by atoms with Gasteiger partial charge in [0.05, 0.1) is 6.04 Å². The Morgan fingerprint density at radius 3 is 2.24 bits per heavy atom. The molecule has 0 aromatic rings. The summed E-state index contributed by atoms with van der Waals surface area (Å²) in [6.07, 6.45) is 6.55. The zero-order valence-corrected chi connectivity index (χ0v) is 13.3. The Bertz CT molecular complexity index is 462. The normalized spacial score (nSPS) is 28.3. The largest absolute Gasteiger partial charge is 0.404 e. The van der Waals surface area contributed by atoms with Gasteiger partial charge in [-0.3, -0.25) is 4.99 Å². The molecule has 0 aromatic carbocycles. The number of nitrogens with two attached hydrogens (primary N) is 1. The monoisotopic (exact) mass is 296 g/mol. The topological polar surface area (TPSA) is 38.4 Å². The van der Waals surface area contributed by atoms with E-state index < -0.39 is 5.92 Å². The maximum atomic E-state index is 13.9. The first kappa shape index (κ1) is 17.6. The predicted molar refractivity (Wildman–Crippen MR) is 85.7 cm³/mol. The van der Waals surface area contributed by atoms with Crippen LogP contribution < -0.4 is 5.73 Å². The van der Waals surface area contributed by atoms with E-state index in [9.17, 15) is 8.78 Å². The highest BCUT2D eigenvalue weighted by Gasteiger charge is 2.35. The number of hydrogen-bond donors (Lipinski definition) is 1. The molecule has 1 rings (SSSR count). The Morgan fingerprint density at radius 2 is 1.90 bits per heavy atom.